The van der Waals surface area contributed by atoms with Crippen LogP contribution in [0, 0.1) is 0 Å². The standard InChI is InChI=1S/C10H16N2O3S.C9H11NO3/c13-8(14)4-2-1-3-7-9-6(5-16-7)11-10(15)12-9;10-8(9(12)13)5-6-1-3-7(11)4-2-6/h6-7,9H,1-5H2,(H,13,14)(H2,11,12,15);1-4,8,11H,5,10H2,(H,12,13)/t6-,7-,9-;8-/m00/s1. The Morgan fingerprint density at radius 2 is 1.86 bits per heavy atom. The molecule has 2 aliphatic heterocycles. The van der Waals surface area contributed by atoms with Crippen molar-refractivity contribution >= 4 is 29.7 Å². The first-order valence-electron chi connectivity index (χ1n) is 9.43. The number of carboxylic acids is 2. The summed E-state index contributed by atoms with van der Waals surface area (Å²) in [5.41, 5.74) is 6.12. The minimum atomic E-state index is -1.02. The number of hydrogen-bond donors (Lipinski definition) is 6. The molecule has 0 radical (unpaired) electrons. The van der Waals surface area contributed by atoms with Crippen LogP contribution in [0.2, 0.25) is 0 Å². The summed E-state index contributed by atoms with van der Waals surface area (Å²) >= 11 is 1.87. The first-order valence-corrected chi connectivity index (χ1v) is 10.5. The largest absolute Gasteiger partial charge is 0.508 e. The third kappa shape index (κ3) is 7.47. The van der Waals surface area contributed by atoms with E-state index >= 15 is 0 Å². The van der Waals surface area contributed by atoms with Crippen molar-refractivity contribution in [3.8, 4) is 5.75 Å². The second-order valence-corrected chi connectivity index (χ2v) is 8.35. The lowest BCUT2D eigenvalue weighted by atomic mass is 10.0. The van der Waals surface area contributed by atoms with Crippen molar-refractivity contribution in [1.29, 1.82) is 0 Å². The molecule has 29 heavy (non-hydrogen) atoms. The number of carbonyl (C=O) groups is 3. The fourth-order valence-electron chi connectivity index (χ4n) is 3.24. The van der Waals surface area contributed by atoms with Crippen molar-refractivity contribution < 1.29 is 29.7 Å². The van der Waals surface area contributed by atoms with E-state index in [1.54, 1.807) is 12.1 Å². The maximum absolute atomic E-state index is 11.1. The molecule has 0 aromatic heterocycles. The smallest absolute Gasteiger partial charge is 0.320 e. The van der Waals surface area contributed by atoms with E-state index in [4.69, 9.17) is 21.1 Å². The van der Waals surface area contributed by atoms with E-state index in [1.807, 2.05) is 11.8 Å². The van der Waals surface area contributed by atoms with Crippen LogP contribution in [0.1, 0.15) is 31.2 Å². The predicted molar refractivity (Wildman–Crippen MR) is 109 cm³/mol. The van der Waals surface area contributed by atoms with Gasteiger partial charge in [-0.2, -0.15) is 11.8 Å². The number of aliphatic carboxylic acids is 2. The molecule has 0 unspecified atom stereocenters. The maximum Gasteiger partial charge on any atom is 0.320 e. The molecule has 10 heteroatoms. The van der Waals surface area contributed by atoms with Crippen LogP contribution < -0.4 is 16.4 Å². The summed E-state index contributed by atoms with van der Waals surface area (Å²) in [6, 6.07) is 5.86. The Bertz CT molecular complexity index is 714. The highest BCUT2D eigenvalue weighted by atomic mass is 32.2. The molecule has 1 aromatic rings. The number of phenols is 1. The molecular weight excluding hydrogens is 398 g/mol. The molecule has 2 fully saturated rings. The van der Waals surface area contributed by atoms with Crippen LogP contribution in [0.4, 0.5) is 4.79 Å². The second kappa shape index (κ2) is 10.9. The molecule has 2 amide bonds. The Morgan fingerprint density at radius 1 is 1.17 bits per heavy atom. The fourth-order valence-corrected chi connectivity index (χ4v) is 4.78. The number of nitrogens with two attached hydrogens (primary N) is 1. The number of nitrogens with one attached hydrogen (secondary N) is 2. The molecule has 7 N–H and O–H groups in total. The number of unbranched alkanes of at least 4 members (excludes halogenated alkanes) is 1. The first kappa shape index (κ1) is 22.8. The summed E-state index contributed by atoms with van der Waals surface area (Å²) in [4.78, 5) is 31.9. The van der Waals surface area contributed by atoms with E-state index in [0.29, 0.717) is 5.25 Å². The van der Waals surface area contributed by atoms with Crippen molar-refractivity contribution in [2.75, 3.05) is 5.75 Å². The molecule has 2 saturated heterocycles. The van der Waals surface area contributed by atoms with Gasteiger partial charge in [0.25, 0.3) is 0 Å². The van der Waals surface area contributed by atoms with Gasteiger partial charge in [0.1, 0.15) is 11.8 Å². The maximum atomic E-state index is 11.1. The van der Waals surface area contributed by atoms with Crippen LogP contribution in [0.15, 0.2) is 24.3 Å². The lowest BCUT2D eigenvalue weighted by Gasteiger charge is -2.16. The quantitative estimate of drug-likeness (QED) is 0.267. The van der Waals surface area contributed by atoms with E-state index < -0.39 is 18.0 Å². The predicted octanol–water partition coefficient (Wildman–Crippen LogP) is 1.14. The number of benzene rings is 1. The number of fused-ring (bicyclic) bond motifs is 1. The Morgan fingerprint density at radius 3 is 2.48 bits per heavy atom. The molecule has 160 valence electrons. The number of thioether (sulfide) groups is 1. The average Bonchev–Trinajstić information content (AvgIpc) is 3.20. The van der Waals surface area contributed by atoms with Crippen LogP contribution >= 0.6 is 11.8 Å². The molecule has 4 atom stereocenters. The SMILES string of the molecule is N[C@@H](Cc1ccc(O)cc1)C(=O)O.O=C(O)CCCC[C@@H]1SC[C@@H]2NC(=O)N[C@@H]21. The molecule has 1 aromatic carbocycles. The summed E-state index contributed by atoms with van der Waals surface area (Å²) in [6.45, 7) is 0. The third-order valence-corrected chi connectivity index (χ3v) is 6.29. The van der Waals surface area contributed by atoms with Crippen LogP contribution in [-0.4, -0.2) is 62.4 Å². The molecule has 0 bridgehead atoms. The molecule has 2 heterocycles. The normalized spacial score (nSPS) is 23.2. The van der Waals surface area contributed by atoms with Crippen LogP contribution in [-0.2, 0) is 16.0 Å². The molecule has 0 spiro atoms. The van der Waals surface area contributed by atoms with Gasteiger partial charge in [0.05, 0.1) is 12.1 Å². The highest BCUT2D eigenvalue weighted by molar-refractivity contribution is 8.00. The van der Waals surface area contributed by atoms with Gasteiger partial charge >= 0.3 is 18.0 Å². The number of urea groups is 1. The zero-order chi connectivity index (χ0) is 21.4. The fraction of sp³-hybridized carbons (Fsp3) is 0.526. The summed E-state index contributed by atoms with van der Waals surface area (Å²) in [5, 5.41) is 32.3. The Kier molecular flexibility index (Phi) is 8.59. The number of carboxylic acid groups (broad SMARTS) is 2. The van der Waals surface area contributed by atoms with E-state index in [9.17, 15) is 14.4 Å². The highest BCUT2D eigenvalue weighted by Crippen LogP contribution is 2.33. The zero-order valence-corrected chi connectivity index (χ0v) is 16.7. The summed E-state index contributed by atoms with van der Waals surface area (Å²) in [5.74, 6) is -0.624. The van der Waals surface area contributed by atoms with Gasteiger partial charge in [-0.15, -0.1) is 0 Å². The van der Waals surface area contributed by atoms with Crippen molar-refractivity contribution in [3.05, 3.63) is 29.8 Å². The number of aromatic hydroxyl groups is 1. The summed E-state index contributed by atoms with van der Waals surface area (Å²) < 4.78 is 0. The van der Waals surface area contributed by atoms with Gasteiger partial charge in [-0.3, -0.25) is 9.59 Å². The van der Waals surface area contributed by atoms with E-state index in [-0.39, 0.29) is 36.7 Å². The second-order valence-electron chi connectivity index (χ2n) is 7.08. The topological polar surface area (TPSA) is 162 Å². The number of amides is 2. The number of carbonyl (C=O) groups excluding carboxylic acids is 1. The van der Waals surface area contributed by atoms with Gasteiger partial charge in [0, 0.05) is 17.4 Å². The molecule has 0 saturated carbocycles. The van der Waals surface area contributed by atoms with E-state index in [1.165, 1.54) is 12.1 Å². The first-order chi connectivity index (χ1) is 13.8. The van der Waals surface area contributed by atoms with Crippen molar-refractivity contribution in [2.45, 2.75) is 55.5 Å². The number of rotatable bonds is 8. The van der Waals surface area contributed by atoms with Crippen molar-refractivity contribution in [2.24, 2.45) is 5.73 Å². The Labute approximate surface area is 173 Å². The average molecular weight is 426 g/mol. The van der Waals surface area contributed by atoms with Gasteiger partial charge < -0.3 is 31.7 Å². The lowest BCUT2D eigenvalue weighted by molar-refractivity contribution is -0.139. The minimum Gasteiger partial charge on any atom is -0.508 e. The molecular formula is C19H27N3O6S. The number of phenolic OH excluding ortho intramolecular Hbond substituents is 1. The van der Waals surface area contributed by atoms with Crippen LogP contribution in [0.3, 0.4) is 0 Å². The van der Waals surface area contributed by atoms with Gasteiger partial charge in [0.2, 0.25) is 0 Å². The third-order valence-electron chi connectivity index (χ3n) is 4.78. The van der Waals surface area contributed by atoms with Gasteiger partial charge in [0.15, 0.2) is 0 Å². The van der Waals surface area contributed by atoms with Crippen molar-refractivity contribution in [3.63, 3.8) is 0 Å². The van der Waals surface area contributed by atoms with Gasteiger partial charge in [-0.25, -0.2) is 4.79 Å². The lowest BCUT2D eigenvalue weighted by Crippen LogP contribution is -2.36. The molecule has 9 nitrogen and oxygen atoms in total. The van der Waals surface area contributed by atoms with Gasteiger partial charge in [-0.1, -0.05) is 18.6 Å². The zero-order valence-electron chi connectivity index (χ0n) is 15.9. The minimum absolute atomic E-state index is 0.0640. The highest BCUT2D eigenvalue weighted by Gasteiger charge is 2.42. The molecule has 3 rings (SSSR count). The Hall–Kier alpha value is -2.46. The van der Waals surface area contributed by atoms with Crippen LogP contribution in [0.5, 0.6) is 5.75 Å². The van der Waals surface area contributed by atoms with E-state index in [0.717, 1.165) is 30.6 Å². The van der Waals surface area contributed by atoms with Gasteiger partial charge in [-0.05, 0) is 37.0 Å². The van der Waals surface area contributed by atoms with E-state index in [2.05, 4.69) is 10.6 Å². The van der Waals surface area contributed by atoms with Crippen LogP contribution in [0.25, 0.3) is 0 Å². The summed E-state index contributed by atoms with van der Waals surface area (Å²) in [7, 11) is 0. The Balaban J connectivity index is 0.000000212. The molecule has 2 aliphatic rings. The molecule has 0 aliphatic carbocycles. The monoisotopic (exact) mass is 425 g/mol. The number of hydrogen-bond acceptors (Lipinski definition) is 6. The summed E-state index contributed by atoms with van der Waals surface area (Å²) in [6.07, 6.45) is 3.15. The van der Waals surface area contributed by atoms with Crippen molar-refractivity contribution in [1.82, 2.24) is 10.6 Å².